The highest BCUT2D eigenvalue weighted by Crippen LogP contribution is 2.19. The normalized spacial score (nSPS) is 13.2. The van der Waals surface area contributed by atoms with Crippen LogP contribution in [0.5, 0.6) is 0 Å². The fraction of sp³-hybridized carbons (Fsp3) is 0.714. The molecular formula is C14H26N2O. The van der Waals surface area contributed by atoms with Crippen molar-refractivity contribution in [3.63, 3.8) is 0 Å². The summed E-state index contributed by atoms with van der Waals surface area (Å²) in [5.41, 5.74) is 6.85. The first-order valence-electron chi connectivity index (χ1n) is 6.66. The Morgan fingerprint density at radius 2 is 2.18 bits per heavy atom. The van der Waals surface area contributed by atoms with Gasteiger partial charge in [0, 0.05) is 12.1 Å². The lowest BCUT2D eigenvalue weighted by molar-refractivity contribution is 0.331. The van der Waals surface area contributed by atoms with Crippen molar-refractivity contribution in [2.75, 3.05) is 13.1 Å². The molecule has 1 unspecified atom stereocenters. The van der Waals surface area contributed by atoms with E-state index in [0.717, 1.165) is 37.9 Å². The summed E-state index contributed by atoms with van der Waals surface area (Å²) in [5.74, 6) is 1.52. The summed E-state index contributed by atoms with van der Waals surface area (Å²) in [6.07, 6.45) is 7.15. The third-order valence-electron chi connectivity index (χ3n) is 3.32. The van der Waals surface area contributed by atoms with Gasteiger partial charge in [-0.2, -0.15) is 0 Å². The van der Waals surface area contributed by atoms with Crippen molar-refractivity contribution in [2.24, 2.45) is 17.6 Å². The molecule has 0 aromatic carbocycles. The quantitative estimate of drug-likeness (QED) is 0.650. The van der Waals surface area contributed by atoms with Crippen molar-refractivity contribution in [3.05, 3.63) is 24.2 Å². The van der Waals surface area contributed by atoms with Crippen LogP contribution >= 0.6 is 0 Å². The molecule has 17 heavy (non-hydrogen) atoms. The predicted octanol–water partition coefficient (Wildman–Crippen LogP) is 2.77. The molecule has 0 aliphatic rings. The first-order valence-corrected chi connectivity index (χ1v) is 6.66. The highest BCUT2D eigenvalue weighted by atomic mass is 16.3. The van der Waals surface area contributed by atoms with Crippen molar-refractivity contribution in [1.29, 1.82) is 0 Å². The molecule has 98 valence electrons. The van der Waals surface area contributed by atoms with Crippen LogP contribution in [-0.2, 0) is 6.54 Å². The molecule has 1 heterocycles. The Morgan fingerprint density at radius 3 is 2.76 bits per heavy atom. The van der Waals surface area contributed by atoms with E-state index in [-0.39, 0.29) is 0 Å². The monoisotopic (exact) mass is 238 g/mol. The van der Waals surface area contributed by atoms with Crippen LogP contribution < -0.4 is 11.1 Å². The van der Waals surface area contributed by atoms with E-state index >= 15 is 0 Å². The second-order valence-corrected chi connectivity index (χ2v) is 5.03. The zero-order chi connectivity index (χ0) is 12.5. The largest absolute Gasteiger partial charge is 0.472 e. The van der Waals surface area contributed by atoms with Crippen LogP contribution in [0.2, 0.25) is 0 Å². The van der Waals surface area contributed by atoms with Crippen molar-refractivity contribution < 1.29 is 4.42 Å². The molecule has 0 bridgehead atoms. The minimum absolute atomic E-state index is 0.743. The van der Waals surface area contributed by atoms with Gasteiger partial charge < -0.3 is 15.5 Å². The van der Waals surface area contributed by atoms with Gasteiger partial charge in [-0.25, -0.2) is 0 Å². The number of furan rings is 1. The number of nitrogens with one attached hydrogen (secondary N) is 1. The van der Waals surface area contributed by atoms with E-state index in [4.69, 9.17) is 10.2 Å². The van der Waals surface area contributed by atoms with Gasteiger partial charge in [0.1, 0.15) is 0 Å². The highest BCUT2D eigenvalue weighted by Gasteiger charge is 2.11. The van der Waals surface area contributed by atoms with E-state index in [1.807, 2.05) is 6.07 Å². The summed E-state index contributed by atoms with van der Waals surface area (Å²) in [5, 5.41) is 3.43. The van der Waals surface area contributed by atoms with Crippen molar-refractivity contribution in [2.45, 2.75) is 39.7 Å². The molecule has 3 heteroatoms. The first kappa shape index (κ1) is 14.3. The number of hydrogen-bond acceptors (Lipinski definition) is 3. The summed E-state index contributed by atoms with van der Waals surface area (Å²) in [7, 11) is 0. The van der Waals surface area contributed by atoms with Crippen LogP contribution in [0, 0.1) is 11.8 Å². The lowest BCUT2D eigenvalue weighted by Crippen LogP contribution is -2.18. The van der Waals surface area contributed by atoms with Crippen molar-refractivity contribution in [3.8, 4) is 0 Å². The van der Waals surface area contributed by atoms with Crippen LogP contribution in [0.15, 0.2) is 23.0 Å². The van der Waals surface area contributed by atoms with Crippen LogP contribution in [0.1, 0.15) is 38.7 Å². The van der Waals surface area contributed by atoms with Gasteiger partial charge in [-0.3, -0.25) is 0 Å². The Bertz CT molecular complexity index is 270. The average molecular weight is 238 g/mol. The third kappa shape index (κ3) is 5.89. The molecule has 0 amide bonds. The molecule has 0 aliphatic carbocycles. The molecule has 0 fully saturated rings. The van der Waals surface area contributed by atoms with Crippen molar-refractivity contribution >= 4 is 0 Å². The topological polar surface area (TPSA) is 51.2 Å². The third-order valence-corrected chi connectivity index (χ3v) is 3.32. The van der Waals surface area contributed by atoms with Crippen LogP contribution in [0.4, 0.5) is 0 Å². The standard InChI is InChI=1S/C14H26N2O/c1-12(2)14(5-7-15)4-3-8-16-10-13-6-9-17-11-13/h6,9,11-12,14,16H,3-5,7-8,10,15H2,1-2H3. The average Bonchev–Trinajstić information content (AvgIpc) is 2.80. The van der Waals surface area contributed by atoms with Gasteiger partial charge in [-0.15, -0.1) is 0 Å². The van der Waals surface area contributed by atoms with Gasteiger partial charge in [0.25, 0.3) is 0 Å². The molecule has 1 atom stereocenters. The molecule has 0 spiro atoms. The first-order chi connectivity index (χ1) is 8.24. The smallest absolute Gasteiger partial charge is 0.0947 e. The summed E-state index contributed by atoms with van der Waals surface area (Å²) in [6, 6.07) is 2.00. The predicted molar refractivity (Wildman–Crippen MR) is 71.6 cm³/mol. The molecule has 0 aliphatic heterocycles. The Morgan fingerprint density at radius 1 is 1.35 bits per heavy atom. The van der Waals surface area contributed by atoms with Gasteiger partial charge in [0.05, 0.1) is 12.5 Å². The molecule has 0 saturated carbocycles. The van der Waals surface area contributed by atoms with E-state index in [1.165, 1.54) is 18.4 Å². The maximum atomic E-state index is 5.64. The SMILES string of the molecule is CC(C)C(CCN)CCCNCc1ccoc1. The summed E-state index contributed by atoms with van der Waals surface area (Å²) < 4.78 is 5.02. The summed E-state index contributed by atoms with van der Waals surface area (Å²) in [6.45, 7) is 7.36. The Balaban J connectivity index is 2.06. The van der Waals surface area contributed by atoms with Gasteiger partial charge in [-0.1, -0.05) is 13.8 Å². The van der Waals surface area contributed by atoms with Crippen molar-refractivity contribution in [1.82, 2.24) is 5.32 Å². The van der Waals surface area contributed by atoms with E-state index < -0.39 is 0 Å². The highest BCUT2D eigenvalue weighted by molar-refractivity contribution is 5.04. The fourth-order valence-corrected chi connectivity index (χ4v) is 2.14. The van der Waals surface area contributed by atoms with E-state index in [1.54, 1.807) is 12.5 Å². The van der Waals surface area contributed by atoms with E-state index in [0.29, 0.717) is 0 Å². The van der Waals surface area contributed by atoms with Gasteiger partial charge in [0.15, 0.2) is 0 Å². The minimum Gasteiger partial charge on any atom is -0.472 e. The van der Waals surface area contributed by atoms with Crippen LogP contribution in [0.3, 0.4) is 0 Å². The zero-order valence-electron chi connectivity index (χ0n) is 11.1. The Kier molecular flexibility index (Phi) is 6.97. The maximum Gasteiger partial charge on any atom is 0.0947 e. The number of rotatable bonds is 9. The molecular weight excluding hydrogens is 212 g/mol. The lowest BCUT2D eigenvalue weighted by Gasteiger charge is -2.19. The molecule has 3 N–H and O–H groups in total. The minimum atomic E-state index is 0.743. The molecule has 1 aromatic rings. The van der Waals surface area contributed by atoms with Gasteiger partial charge >= 0.3 is 0 Å². The van der Waals surface area contributed by atoms with E-state index in [9.17, 15) is 0 Å². The second-order valence-electron chi connectivity index (χ2n) is 5.03. The number of nitrogens with two attached hydrogens (primary N) is 1. The van der Waals surface area contributed by atoms with Gasteiger partial charge in [-0.05, 0) is 50.3 Å². The molecule has 1 rings (SSSR count). The second kappa shape index (κ2) is 8.31. The number of hydrogen-bond donors (Lipinski definition) is 2. The Hall–Kier alpha value is -0.800. The van der Waals surface area contributed by atoms with Gasteiger partial charge in [0.2, 0.25) is 0 Å². The molecule has 0 saturated heterocycles. The molecule has 1 aromatic heterocycles. The molecule has 0 radical (unpaired) electrons. The lowest BCUT2D eigenvalue weighted by atomic mass is 9.88. The summed E-state index contributed by atoms with van der Waals surface area (Å²) >= 11 is 0. The zero-order valence-corrected chi connectivity index (χ0v) is 11.1. The van der Waals surface area contributed by atoms with E-state index in [2.05, 4.69) is 19.2 Å². The van der Waals surface area contributed by atoms with Crippen LogP contribution in [-0.4, -0.2) is 13.1 Å². The fourth-order valence-electron chi connectivity index (χ4n) is 2.14. The summed E-state index contributed by atoms with van der Waals surface area (Å²) in [4.78, 5) is 0. The van der Waals surface area contributed by atoms with Crippen LogP contribution in [0.25, 0.3) is 0 Å². The molecule has 3 nitrogen and oxygen atoms in total. The Labute approximate surface area is 105 Å². The maximum absolute atomic E-state index is 5.64.